The maximum Gasteiger partial charge on any atom is 0.273 e. The molecule has 4 nitrogen and oxygen atoms in total. The summed E-state index contributed by atoms with van der Waals surface area (Å²) >= 11 is 0. The quantitative estimate of drug-likeness (QED) is 0.501. The van der Waals surface area contributed by atoms with E-state index in [4.69, 9.17) is 0 Å². The summed E-state index contributed by atoms with van der Waals surface area (Å²) in [6.45, 7) is 6.15. The molecule has 2 heterocycles. The van der Waals surface area contributed by atoms with Crippen LogP contribution in [0.15, 0.2) is 66.9 Å². The van der Waals surface area contributed by atoms with E-state index in [2.05, 4.69) is 59.5 Å². The molecule has 0 spiro atoms. The van der Waals surface area contributed by atoms with Gasteiger partial charge in [0.25, 0.3) is 5.82 Å². The number of hydrogen-bond donors (Lipinski definition) is 2. The average Bonchev–Trinajstić information content (AvgIpc) is 2.73. The fourth-order valence-corrected chi connectivity index (χ4v) is 3.63. The number of nitrogens with zero attached hydrogens (tertiary/aromatic N) is 1. The molecule has 0 bridgehead atoms. The van der Waals surface area contributed by atoms with Crippen LogP contribution in [0.5, 0.6) is 5.75 Å². The SMILES string of the molecule is CCc1ccc([C@@H](Nc2cc(C)cc[nH+]2)c2ccc3ccc(C)nc3c2O)cc1. The second-order valence-corrected chi connectivity index (χ2v) is 7.48. The zero-order valence-electron chi connectivity index (χ0n) is 17.0. The highest BCUT2D eigenvalue weighted by Crippen LogP contribution is 2.36. The van der Waals surface area contributed by atoms with Crippen LogP contribution in [0.4, 0.5) is 5.82 Å². The van der Waals surface area contributed by atoms with Crippen molar-refractivity contribution < 1.29 is 10.1 Å². The second kappa shape index (κ2) is 7.92. The van der Waals surface area contributed by atoms with Crippen molar-refractivity contribution in [3.05, 3.63) is 94.8 Å². The highest BCUT2D eigenvalue weighted by atomic mass is 16.3. The van der Waals surface area contributed by atoms with Gasteiger partial charge in [-0.25, -0.2) is 9.97 Å². The van der Waals surface area contributed by atoms with Crippen LogP contribution in [-0.4, -0.2) is 10.1 Å². The van der Waals surface area contributed by atoms with Crippen molar-refractivity contribution in [2.24, 2.45) is 0 Å². The first kappa shape index (κ1) is 18.9. The summed E-state index contributed by atoms with van der Waals surface area (Å²) in [6, 6.07) is 20.4. The van der Waals surface area contributed by atoms with Crippen LogP contribution in [0.2, 0.25) is 0 Å². The lowest BCUT2D eigenvalue weighted by atomic mass is 9.95. The van der Waals surface area contributed by atoms with E-state index in [1.807, 2.05) is 43.5 Å². The molecule has 0 amide bonds. The number of fused-ring (bicyclic) bond motifs is 1. The smallest absolute Gasteiger partial charge is 0.273 e. The first-order valence-electron chi connectivity index (χ1n) is 9.98. The summed E-state index contributed by atoms with van der Waals surface area (Å²) in [4.78, 5) is 7.83. The minimum atomic E-state index is -0.217. The molecule has 0 fully saturated rings. The number of rotatable bonds is 5. The summed E-state index contributed by atoms with van der Waals surface area (Å²) in [6.07, 6.45) is 2.91. The van der Waals surface area contributed by atoms with Gasteiger partial charge in [0.2, 0.25) is 0 Å². The lowest BCUT2D eigenvalue weighted by molar-refractivity contribution is -0.361. The third-order valence-electron chi connectivity index (χ3n) is 5.30. The molecule has 146 valence electrons. The highest BCUT2D eigenvalue weighted by Gasteiger charge is 2.24. The van der Waals surface area contributed by atoms with Gasteiger partial charge in [0.1, 0.15) is 17.3 Å². The van der Waals surface area contributed by atoms with E-state index < -0.39 is 0 Å². The average molecular weight is 385 g/mol. The van der Waals surface area contributed by atoms with E-state index in [9.17, 15) is 5.11 Å². The molecule has 4 heteroatoms. The van der Waals surface area contributed by atoms with E-state index >= 15 is 0 Å². The Balaban J connectivity index is 1.84. The molecule has 29 heavy (non-hydrogen) atoms. The summed E-state index contributed by atoms with van der Waals surface area (Å²) in [5.41, 5.74) is 5.84. The third-order valence-corrected chi connectivity index (χ3v) is 5.30. The maximum atomic E-state index is 11.1. The number of pyridine rings is 2. The van der Waals surface area contributed by atoms with Crippen LogP contribution in [0.3, 0.4) is 0 Å². The van der Waals surface area contributed by atoms with E-state index in [0.717, 1.165) is 40.0 Å². The number of aromatic hydroxyl groups is 1. The molecular weight excluding hydrogens is 358 g/mol. The van der Waals surface area contributed by atoms with Crippen LogP contribution >= 0.6 is 0 Å². The third kappa shape index (κ3) is 3.92. The second-order valence-electron chi connectivity index (χ2n) is 7.48. The molecule has 0 saturated heterocycles. The molecular formula is C25H26N3O+. The lowest BCUT2D eigenvalue weighted by Crippen LogP contribution is -2.19. The largest absolute Gasteiger partial charge is 0.505 e. The molecule has 4 aromatic rings. The Labute approximate surface area is 171 Å². The van der Waals surface area contributed by atoms with Gasteiger partial charge >= 0.3 is 0 Å². The Morgan fingerprint density at radius 1 is 1.00 bits per heavy atom. The van der Waals surface area contributed by atoms with Crippen molar-refractivity contribution >= 4 is 16.7 Å². The highest BCUT2D eigenvalue weighted by molar-refractivity contribution is 5.86. The Hall–Kier alpha value is -3.40. The topological polar surface area (TPSA) is 59.3 Å². The fourth-order valence-electron chi connectivity index (χ4n) is 3.63. The number of aromatic nitrogens is 2. The van der Waals surface area contributed by atoms with E-state index in [-0.39, 0.29) is 11.8 Å². The summed E-state index contributed by atoms with van der Waals surface area (Å²) in [5, 5.41) is 15.6. The van der Waals surface area contributed by atoms with Gasteiger partial charge in [0, 0.05) is 28.3 Å². The van der Waals surface area contributed by atoms with Crippen LogP contribution < -0.4 is 10.3 Å². The van der Waals surface area contributed by atoms with Gasteiger partial charge in [-0.15, -0.1) is 0 Å². The number of anilines is 1. The number of aromatic amines is 1. The van der Waals surface area contributed by atoms with Crippen molar-refractivity contribution in [3.8, 4) is 5.75 Å². The molecule has 2 aromatic heterocycles. The Morgan fingerprint density at radius 2 is 1.76 bits per heavy atom. The van der Waals surface area contributed by atoms with Gasteiger partial charge in [-0.2, -0.15) is 0 Å². The minimum Gasteiger partial charge on any atom is -0.505 e. The molecule has 0 aliphatic heterocycles. The Bertz CT molecular complexity index is 1150. The number of H-pyrrole nitrogens is 1. The van der Waals surface area contributed by atoms with Crippen LogP contribution in [-0.2, 0) is 6.42 Å². The molecule has 1 atom stereocenters. The Kier molecular flexibility index (Phi) is 5.17. The molecule has 0 aliphatic rings. The standard InChI is InChI=1S/C25H25N3O/c1-4-18-6-9-19(10-7-18)23(28-22-15-16(2)13-14-26-22)21-12-11-20-8-5-17(3)27-24(20)25(21)29/h5-15,23,29H,4H2,1-3H3,(H,26,28)/p+1/t23-/m1/s1. The first-order chi connectivity index (χ1) is 14.0. The first-order valence-corrected chi connectivity index (χ1v) is 9.98. The van der Waals surface area contributed by atoms with Gasteiger partial charge in [-0.3, -0.25) is 5.32 Å². The number of phenolic OH excluding ortho intramolecular Hbond substituents is 1. The predicted octanol–water partition coefficient (Wildman–Crippen LogP) is 5.14. The summed E-state index contributed by atoms with van der Waals surface area (Å²) in [5.74, 6) is 1.11. The summed E-state index contributed by atoms with van der Waals surface area (Å²) < 4.78 is 0. The van der Waals surface area contributed by atoms with Crippen molar-refractivity contribution in [2.45, 2.75) is 33.2 Å². The summed E-state index contributed by atoms with van der Waals surface area (Å²) in [7, 11) is 0. The minimum absolute atomic E-state index is 0.217. The van der Waals surface area contributed by atoms with Crippen molar-refractivity contribution in [2.75, 3.05) is 5.32 Å². The number of benzene rings is 2. The normalized spacial score (nSPS) is 12.1. The van der Waals surface area contributed by atoms with Crippen LogP contribution in [0, 0.1) is 13.8 Å². The van der Waals surface area contributed by atoms with Gasteiger partial charge in [0.15, 0.2) is 0 Å². The van der Waals surface area contributed by atoms with Gasteiger partial charge in [-0.1, -0.05) is 43.3 Å². The maximum absolute atomic E-state index is 11.1. The predicted molar refractivity (Wildman–Crippen MR) is 117 cm³/mol. The van der Waals surface area contributed by atoms with Gasteiger partial charge in [0.05, 0.1) is 6.20 Å². The van der Waals surface area contributed by atoms with Crippen LogP contribution in [0.25, 0.3) is 10.9 Å². The number of aryl methyl sites for hydroxylation is 3. The molecule has 4 rings (SSSR count). The fraction of sp³-hybridized carbons (Fsp3) is 0.200. The molecule has 0 aliphatic carbocycles. The van der Waals surface area contributed by atoms with E-state index in [1.54, 1.807) is 0 Å². The zero-order chi connectivity index (χ0) is 20.4. The number of phenols is 1. The zero-order valence-corrected chi connectivity index (χ0v) is 17.0. The van der Waals surface area contributed by atoms with Crippen molar-refractivity contribution in [1.82, 2.24) is 4.98 Å². The Morgan fingerprint density at radius 3 is 2.48 bits per heavy atom. The molecule has 0 radical (unpaired) electrons. The van der Waals surface area contributed by atoms with Gasteiger partial charge in [-0.05, 0) is 49.6 Å². The van der Waals surface area contributed by atoms with E-state index in [1.165, 1.54) is 5.56 Å². The molecule has 0 unspecified atom stereocenters. The van der Waals surface area contributed by atoms with Crippen molar-refractivity contribution in [1.29, 1.82) is 0 Å². The molecule has 2 aromatic carbocycles. The lowest BCUT2D eigenvalue weighted by Gasteiger charge is -2.18. The van der Waals surface area contributed by atoms with E-state index in [0.29, 0.717) is 5.52 Å². The van der Waals surface area contributed by atoms with Gasteiger partial charge < -0.3 is 5.11 Å². The van der Waals surface area contributed by atoms with Crippen molar-refractivity contribution in [3.63, 3.8) is 0 Å². The van der Waals surface area contributed by atoms with Crippen LogP contribution in [0.1, 0.15) is 40.9 Å². The molecule has 3 N–H and O–H groups in total. The molecule has 0 saturated carbocycles. The number of hydrogen-bond acceptors (Lipinski definition) is 3. The monoisotopic (exact) mass is 384 g/mol. The number of nitrogens with one attached hydrogen (secondary N) is 2.